The summed E-state index contributed by atoms with van der Waals surface area (Å²) in [6.07, 6.45) is 4.04. The Balaban J connectivity index is 1.46. The number of rotatable bonds is 3. The van der Waals surface area contributed by atoms with Gasteiger partial charge in [-0.2, -0.15) is 0 Å². The second-order valence-electron chi connectivity index (χ2n) is 7.65. The standard InChI is InChI=1S/C22H18F2N2O2/c23-15-5-4-14-10-22(28,7-6-13(14)8-15)20(27)9-18-21-16(2-1-3-17(21)24)19-11-25-12-26(18)19/h1-5,8,11-12,18,28H,6-7,9-10H2. The highest BCUT2D eigenvalue weighted by atomic mass is 19.1. The largest absolute Gasteiger partial charge is 0.382 e. The first-order chi connectivity index (χ1) is 13.5. The van der Waals surface area contributed by atoms with Gasteiger partial charge in [-0.15, -0.1) is 0 Å². The fraction of sp³-hybridized carbons (Fsp3) is 0.273. The SMILES string of the molecule is O=C(CC1c2c(F)cccc2-c2cncn21)C1(O)CCc2cc(F)ccc2C1. The zero-order chi connectivity index (χ0) is 19.5. The molecule has 1 aliphatic heterocycles. The second kappa shape index (κ2) is 6.07. The Bertz CT molecular complexity index is 1110. The minimum atomic E-state index is -1.53. The van der Waals surface area contributed by atoms with E-state index in [0.29, 0.717) is 12.0 Å². The zero-order valence-electron chi connectivity index (χ0n) is 15.0. The van der Waals surface area contributed by atoms with E-state index in [2.05, 4.69) is 4.98 Å². The van der Waals surface area contributed by atoms with E-state index >= 15 is 0 Å². The lowest BCUT2D eigenvalue weighted by molar-refractivity contribution is -0.139. The lowest BCUT2D eigenvalue weighted by Gasteiger charge is -2.33. The molecule has 0 amide bonds. The van der Waals surface area contributed by atoms with Gasteiger partial charge in [0.15, 0.2) is 5.78 Å². The summed E-state index contributed by atoms with van der Waals surface area (Å²) in [5.41, 5.74) is 2.04. The molecule has 0 fully saturated rings. The Labute approximate surface area is 160 Å². The van der Waals surface area contributed by atoms with Crippen molar-refractivity contribution in [2.45, 2.75) is 37.3 Å². The van der Waals surface area contributed by atoms with Gasteiger partial charge in [0.1, 0.15) is 17.2 Å². The summed E-state index contributed by atoms with van der Waals surface area (Å²) in [5, 5.41) is 11.1. The molecule has 0 spiro atoms. The van der Waals surface area contributed by atoms with Crippen LogP contribution in [0.4, 0.5) is 8.78 Å². The van der Waals surface area contributed by atoms with Crippen LogP contribution in [-0.2, 0) is 17.6 Å². The number of imidazole rings is 1. The first-order valence-corrected chi connectivity index (χ1v) is 9.30. The number of hydrogen-bond donors (Lipinski definition) is 1. The second-order valence-corrected chi connectivity index (χ2v) is 7.65. The topological polar surface area (TPSA) is 55.1 Å². The highest BCUT2D eigenvalue weighted by molar-refractivity contribution is 5.89. The third-order valence-electron chi connectivity index (χ3n) is 6.02. The average Bonchev–Trinajstić information content (AvgIpc) is 3.25. The molecule has 2 aromatic carbocycles. The minimum Gasteiger partial charge on any atom is -0.382 e. The maximum atomic E-state index is 14.6. The molecule has 0 saturated carbocycles. The quantitative estimate of drug-likeness (QED) is 0.755. The van der Waals surface area contributed by atoms with E-state index in [9.17, 15) is 18.7 Å². The monoisotopic (exact) mass is 380 g/mol. The third-order valence-corrected chi connectivity index (χ3v) is 6.02. The number of aryl methyl sites for hydroxylation is 1. The number of aliphatic hydroxyl groups is 1. The summed E-state index contributed by atoms with van der Waals surface area (Å²) in [6.45, 7) is 0. The predicted octanol–water partition coefficient (Wildman–Crippen LogP) is 3.61. The molecule has 28 heavy (non-hydrogen) atoms. The number of benzene rings is 2. The molecule has 2 atom stereocenters. The van der Waals surface area contributed by atoms with Gasteiger partial charge in [-0.3, -0.25) is 4.79 Å². The fourth-order valence-electron chi connectivity index (χ4n) is 4.55. The van der Waals surface area contributed by atoms with Crippen LogP contribution in [0, 0.1) is 11.6 Å². The number of carbonyl (C=O) groups excluding carboxylic acids is 1. The molecule has 4 nitrogen and oxygen atoms in total. The summed E-state index contributed by atoms with van der Waals surface area (Å²) in [5.74, 6) is -1.01. The van der Waals surface area contributed by atoms with Crippen molar-refractivity contribution < 1.29 is 18.7 Å². The lowest BCUT2D eigenvalue weighted by Crippen LogP contribution is -2.44. The van der Waals surface area contributed by atoms with Gasteiger partial charge in [0.2, 0.25) is 0 Å². The minimum absolute atomic E-state index is 0.0235. The van der Waals surface area contributed by atoms with E-state index in [0.717, 1.165) is 22.4 Å². The van der Waals surface area contributed by atoms with Gasteiger partial charge in [0.05, 0.1) is 24.3 Å². The molecule has 1 N–H and O–H groups in total. The van der Waals surface area contributed by atoms with Crippen molar-refractivity contribution in [3.8, 4) is 11.3 Å². The number of hydrogen-bond acceptors (Lipinski definition) is 3. The highest BCUT2D eigenvalue weighted by Gasteiger charge is 2.42. The van der Waals surface area contributed by atoms with E-state index in [1.807, 2.05) is 6.07 Å². The lowest BCUT2D eigenvalue weighted by atomic mass is 9.76. The van der Waals surface area contributed by atoms with Crippen LogP contribution in [0.5, 0.6) is 0 Å². The molecule has 0 radical (unpaired) electrons. The Kier molecular flexibility index (Phi) is 3.74. The van der Waals surface area contributed by atoms with Crippen LogP contribution < -0.4 is 0 Å². The molecule has 6 heteroatoms. The number of aromatic nitrogens is 2. The number of Topliss-reactive ketones (excluding diaryl/α,β-unsaturated/α-hetero) is 1. The first-order valence-electron chi connectivity index (χ1n) is 9.30. The smallest absolute Gasteiger partial charge is 0.167 e. The highest BCUT2D eigenvalue weighted by Crippen LogP contribution is 2.43. The van der Waals surface area contributed by atoms with Crippen molar-refractivity contribution in [3.63, 3.8) is 0 Å². The molecular formula is C22H18F2N2O2. The van der Waals surface area contributed by atoms with Crippen LogP contribution >= 0.6 is 0 Å². The number of halogens is 2. The Hall–Kier alpha value is -2.86. The van der Waals surface area contributed by atoms with E-state index in [4.69, 9.17) is 0 Å². The fourth-order valence-corrected chi connectivity index (χ4v) is 4.55. The van der Waals surface area contributed by atoms with Gasteiger partial charge in [-0.05, 0) is 42.2 Å². The Morgan fingerprint density at radius 2 is 2.11 bits per heavy atom. The zero-order valence-corrected chi connectivity index (χ0v) is 15.0. The molecule has 2 heterocycles. The summed E-state index contributed by atoms with van der Waals surface area (Å²) in [4.78, 5) is 17.3. The predicted molar refractivity (Wildman–Crippen MR) is 98.8 cm³/mol. The maximum Gasteiger partial charge on any atom is 0.167 e. The van der Waals surface area contributed by atoms with Crippen LogP contribution in [0.1, 0.15) is 35.6 Å². The van der Waals surface area contributed by atoms with Crippen molar-refractivity contribution in [2.24, 2.45) is 0 Å². The summed E-state index contributed by atoms with van der Waals surface area (Å²) in [7, 11) is 0. The Morgan fingerprint density at radius 1 is 1.25 bits per heavy atom. The molecule has 1 aromatic heterocycles. The van der Waals surface area contributed by atoms with Gasteiger partial charge in [-0.1, -0.05) is 18.2 Å². The van der Waals surface area contributed by atoms with E-state index in [1.54, 1.807) is 29.2 Å². The van der Waals surface area contributed by atoms with Crippen LogP contribution in [0.25, 0.3) is 11.3 Å². The van der Waals surface area contributed by atoms with Crippen LogP contribution in [0.15, 0.2) is 48.9 Å². The molecule has 1 aliphatic carbocycles. The van der Waals surface area contributed by atoms with Gasteiger partial charge in [-0.25, -0.2) is 13.8 Å². The van der Waals surface area contributed by atoms with E-state index in [-0.39, 0.29) is 36.7 Å². The third kappa shape index (κ3) is 2.52. The number of fused-ring (bicyclic) bond motifs is 4. The number of nitrogens with zero attached hydrogens (tertiary/aromatic N) is 2. The molecule has 3 aromatic rings. The molecule has 2 aliphatic rings. The van der Waals surface area contributed by atoms with Gasteiger partial charge in [0.25, 0.3) is 0 Å². The molecule has 5 rings (SSSR count). The van der Waals surface area contributed by atoms with E-state index in [1.165, 1.54) is 18.2 Å². The van der Waals surface area contributed by atoms with Crippen molar-refractivity contribution in [2.75, 3.05) is 0 Å². The van der Waals surface area contributed by atoms with Crippen LogP contribution in [0.2, 0.25) is 0 Å². The van der Waals surface area contributed by atoms with Gasteiger partial charge in [0, 0.05) is 24.0 Å². The summed E-state index contributed by atoms with van der Waals surface area (Å²) < 4.78 is 29.8. The van der Waals surface area contributed by atoms with Crippen LogP contribution in [0.3, 0.4) is 0 Å². The summed E-state index contributed by atoms with van der Waals surface area (Å²) >= 11 is 0. The summed E-state index contributed by atoms with van der Waals surface area (Å²) in [6, 6.07) is 8.74. The van der Waals surface area contributed by atoms with Crippen LogP contribution in [-0.4, -0.2) is 26.0 Å². The van der Waals surface area contributed by atoms with Crippen molar-refractivity contribution >= 4 is 5.78 Å². The van der Waals surface area contributed by atoms with Crippen molar-refractivity contribution in [1.82, 2.24) is 9.55 Å². The molecular weight excluding hydrogens is 362 g/mol. The molecule has 142 valence electrons. The van der Waals surface area contributed by atoms with Crippen molar-refractivity contribution in [1.29, 1.82) is 0 Å². The van der Waals surface area contributed by atoms with E-state index < -0.39 is 11.6 Å². The number of carbonyl (C=O) groups is 1. The maximum absolute atomic E-state index is 14.6. The molecule has 0 saturated heterocycles. The Morgan fingerprint density at radius 3 is 2.96 bits per heavy atom. The first kappa shape index (κ1) is 17.3. The number of ketones is 1. The van der Waals surface area contributed by atoms with Gasteiger partial charge < -0.3 is 9.67 Å². The molecule has 2 unspecified atom stereocenters. The van der Waals surface area contributed by atoms with Gasteiger partial charge >= 0.3 is 0 Å². The van der Waals surface area contributed by atoms with Crippen molar-refractivity contribution in [3.05, 3.63) is 77.2 Å². The average molecular weight is 380 g/mol. The molecule has 0 bridgehead atoms. The normalized spacial score (nSPS) is 22.5.